The van der Waals surface area contributed by atoms with Crippen molar-refractivity contribution in [3.63, 3.8) is 0 Å². The van der Waals surface area contributed by atoms with Crippen LogP contribution in [0.3, 0.4) is 0 Å². The van der Waals surface area contributed by atoms with Gasteiger partial charge in [-0.1, -0.05) is 26.0 Å². The van der Waals surface area contributed by atoms with Crippen LogP contribution in [0.1, 0.15) is 37.4 Å². The molecule has 2 aromatic rings. The van der Waals surface area contributed by atoms with Crippen molar-refractivity contribution in [2.75, 3.05) is 25.5 Å². The number of carbonyl (C=O) groups is 1. The number of benzene rings is 2. The van der Waals surface area contributed by atoms with E-state index >= 15 is 0 Å². The third-order valence-corrected chi connectivity index (χ3v) is 7.74. The quantitative estimate of drug-likeness (QED) is 0.464. The highest BCUT2D eigenvalue weighted by atomic mass is 32.2. The second-order valence-electron chi connectivity index (χ2n) is 9.37. The first-order valence-corrected chi connectivity index (χ1v) is 12.1. The highest BCUT2D eigenvalue weighted by molar-refractivity contribution is 7.89. The molecule has 2 unspecified atom stereocenters. The van der Waals surface area contributed by atoms with Gasteiger partial charge in [-0.3, -0.25) is 0 Å². The van der Waals surface area contributed by atoms with Crippen LogP contribution in [0.25, 0.3) is 0 Å². The molecule has 1 fully saturated rings. The molecule has 0 saturated carbocycles. The highest BCUT2D eigenvalue weighted by Crippen LogP contribution is 2.45. The zero-order valence-corrected chi connectivity index (χ0v) is 19.3. The Kier molecular flexibility index (Phi) is 5.91. The van der Waals surface area contributed by atoms with Crippen LogP contribution in [-0.4, -0.2) is 50.8 Å². The molecule has 32 heavy (non-hydrogen) atoms. The van der Waals surface area contributed by atoms with Crippen LogP contribution in [0.2, 0.25) is 0 Å². The lowest BCUT2D eigenvalue weighted by Gasteiger charge is -2.41. The van der Waals surface area contributed by atoms with Crippen LogP contribution in [-0.2, 0) is 16.4 Å². The normalized spacial score (nSPS) is 22.7. The predicted molar refractivity (Wildman–Crippen MR) is 122 cm³/mol. The van der Waals surface area contributed by atoms with Crippen LogP contribution < -0.4 is 14.8 Å². The largest absolute Gasteiger partial charge is 0.511 e. The predicted octanol–water partition coefficient (Wildman–Crippen LogP) is 3.46. The van der Waals surface area contributed by atoms with E-state index in [0.717, 1.165) is 29.8 Å². The Morgan fingerprint density at radius 3 is 2.72 bits per heavy atom. The molecule has 0 aromatic heterocycles. The van der Waals surface area contributed by atoms with Crippen LogP contribution in [0.4, 0.5) is 10.5 Å². The summed E-state index contributed by atoms with van der Waals surface area (Å²) in [6.07, 6.45) is 0.138. The molecule has 1 saturated heterocycles. The Morgan fingerprint density at radius 1 is 1.25 bits per heavy atom. The molecule has 0 radical (unpaired) electrons. The third kappa shape index (κ3) is 4.74. The average molecular weight is 460 g/mol. The fraction of sp³-hybridized carbons (Fsp3) is 0.435. The van der Waals surface area contributed by atoms with Crippen molar-refractivity contribution in [2.24, 2.45) is 5.41 Å². The van der Waals surface area contributed by atoms with E-state index < -0.39 is 16.2 Å². The van der Waals surface area contributed by atoms with Gasteiger partial charge in [-0.05, 0) is 73.3 Å². The molecule has 0 bridgehead atoms. The SMILES string of the molecule is CN1CCC(NS(=O)(=O)c2cccc(C3Nc4ccc(OC(=O)O)cc4CC3(C)C)c2)C1. The molecule has 2 aliphatic rings. The molecule has 3 N–H and O–H groups in total. The number of likely N-dealkylation sites (N-methyl/N-ethyl adjacent to an activating group) is 1. The number of nitrogens with one attached hydrogen (secondary N) is 2. The molecule has 0 amide bonds. The monoisotopic (exact) mass is 459 g/mol. The zero-order valence-electron chi connectivity index (χ0n) is 18.5. The summed E-state index contributed by atoms with van der Waals surface area (Å²) in [6.45, 7) is 5.80. The number of fused-ring (bicyclic) bond motifs is 1. The van der Waals surface area contributed by atoms with Crippen LogP contribution >= 0.6 is 0 Å². The summed E-state index contributed by atoms with van der Waals surface area (Å²) in [5.74, 6) is 0.282. The maximum atomic E-state index is 13.0. The molecule has 2 heterocycles. The number of ether oxygens (including phenoxy) is 1. The van der Waals surface area contributed by atoms with Crippen molar-refractivity contribution in [3.8, 4) is 5.75 Å². The van der Waals surface area contributed by atoms with Crippen molar-refractivity contribution < 1.29 is 23.1 Å². The summed E-state index contributed by atoms with van der Waals surface area (Å²) in [6, 6.07) is 12.0. The lowest BCUT2D eigenvalue weighted by atomic mass is 9.73. The molecule has 9 heteroatoms. The number of likely N-dealkylation sites (tertiary alicyclic amines) is 1. The van der Waals surface area contributed by atoms with E-state index in [4.69, 9.17) is 9.84 Å². The molecular formula is C23H29N3O5S. The minimum absolute atomic E-state index is 0.0769. The summed E-state index contributed by atoms with van der Waals surface area (Å²) in [7, 11) is -1.63. The second kappa shape index (κ2) is 8.38. The summed E-state index contributed by atoms with van der Waals surface area (Å²) >= 11 is 0. The van der Waals surface area contributed by atoms with Gasteiger partial charge in [0.15, 0.2) is 0 Å². The molecule has 172 valence electrons. The van der Waals surface area contributed by atoms with Gasteiger partial charge in [-0.2, -0.15) is 0 Å². The van der Waals surface area contributed by atoms with E-state index in [1.54, 1.807) is 36.4 Å². The number of nitrogens with zero attached hydrogens (tertiary/aromatic N) is 1. The molecule has 4 rings (SSSR count). The van der Waals surface area contributed by atoms with Crippen molar-refractivity contribution in [1.29, 1.82) is 0 Å². The Morgan fingerprint density at radius 2 is 2.03 bits per heavy atom. The molecule has 0 aliphatic carbocycles. The molecule has 0 spiro atoms. The van der Waals surface area contributed by atoms with E-state index in [1.165, 1.54) is 0 Å². The topological polar surface area (TPSA) is 108 Å². The molecule has 2 aliphatic heterocycles. The Hall–Kier alpha value is -2.62. The number of sulfonamides is 1. The summed E-state index contributed by atoms with van der Waals surface area (Å²) in [5.41, 5.74) is 2.48. The number of hydrogen-bond donors (Lipinski definition) is 3. The standard InChI is InChI=1S/C23H29N3O5S/c1-23(2)13-16-11-18(31-22(27)28)7-8-20(16)24-21(23)15-5-4-6-19(12-15)32(29,30)25-17-9-10-26(3)14-17/h4-8,11-12,17,21,24-25H,9-10,13-14H2,1-3H3,(H,27,28). The minimum atomic E-state index is -3.62. The first kappa shape index (κ1) is 22.6. The maximum absolute atomic E-state index is 13.0. The summed E-state index contributed by atoms with van der Waals surface area (Å²) in [4.78, 5) is 13.2. The first-order valence-electron chi connectivity index (χ1n) is 10.6. The van der Waals surface area contributed by atoms with Gasteiger partial charge in [-0.15, -0.1) is 0 Å². The van der Waals surface area contributed by atoms with E-state index in [9.17, 15) is 13.2 Å². The van der Waals surface area contributed by atoms with Gasteiger partial charge in [0.05, 0.1) is 10.9 Å². The van der Waals surface area contributed by atoms with E-state index in [2.05, 4.69) is 28.8 Å². The van der Waals surface area contributed by atoms with Gasteiger partial charge in [0.2, 0.25) is 10.0 Å². The van der Waals surface area contributed by atoms with E-state index in [1.807, 2.05) is 13.1 Å². The number of hydrogen-bond acceptors (Lipinski definition) is 6. The molecule has 2 atom stereocenters. The fourth-order valence-corrected chi connectivity index (χ4v) is 6.00. The molecule has 2 aromatic carbocycles. The third-order valence-electron chi connectivity index (χ3n) is 6.22. The number of carboxylic acid groups (broad SMARTS) is 1. The van der Waals surface area contributed by atoms with Crippen LogP contribution in [0.5, 0.6) is 5.75 Å². The van der Waals surface area contributed by atoms with Gasteiger partial charge in [0, 0.05) is 18.3 Å². The van der Waals surface area contributed by atoms with E-state index in [-0.39, 0.29) is 28.1 Å². The van der Waals surface area contributed by atoms with Crippen molar-refractivity contribution in [3.05, 3.63) is 53.6 Å². The second-order valence-corrected chi connectivity index (χ2v) is 11.1. The van der Waals surface area contributed by atoms with Crippen molar-refractivity contribution >= 4 is 21.9 Å². The minimum Gasteiger partial charge on any atom is -0.449 e. The molecule has 8 nitrogen and oxygen atoms in total. The Bertz CT molecular complexity index is 1130. The van der Waals surface area contributed by atoms with Gasteiger partial charge >= 0.3 is 6.16 Å². The summed E-state index contributed by atoms with van der Waals surface area (Å²) < 4.78 is 33.6. The van der Waals surface area contributed by atoms with Gasteiger partial charge in [0.1, 0.15) is 5.75 Å². The van der Waals surface area contributed by atoms with Crippen molar-refractivity contribution in [2.45, 2.75) is 43.7 Å². The van der Waals surface area contributed by atoms with Crippen molar-refractivity contribution in [1.82, 2.24) is 9.62 Å². The summed E-state index contributed by atoms with van der Waals surface area (Å²) in [5, 5.41) is 12.4. The number of anilines is 1. The Labute approximate surface area is 188 Å². The molecular weight excluding hydrogens is 430 g/mol. The Balaban J connectivity index is 1.59. The maximum Gasteiger partial charge on any atom is 0.511 e. The fourth-order valence-electron chi connectivity index (χ4n) is 4.68. The average Bonchev–Trinajstić information content (AvgIpc) is 3.10. The van der Waals surface area contributed by atoms with E-state index in [0.29, 0.717) is 13.0 Å². The van der Waals surface area contributed by atoms with Gasteiger partial charge < -0.3 is 20.1 Å². The van der Waals surface area contributed by atoms with Crippen LogP contribution in [0, 0.1) is 5.41 Å². The lowest BCUT2D eigenvalue weighted by molar-refractivity contribution is 0.144. The van der Waals surface area contributed by atoms with Gasteiger partial charge in [-0.25, -0.2) is 17.9 Å². The first-order chi connectivity index (χ1) is 15.0. The smallest absolute Gasteiger partial charge is 0.449 e. The number of rotatable bonds is 5. The highest BCUT2D eigenvalue weighted by Gasteiger charge is 2.37. The lowest BCUT2D eigenvalue weighted by Crippen LogP contribution is -2.37. The zero-order chi connectivity index (χ0) is 23.1. The van der Waals surface area contributed by atoms with Crippen LogP contribution in [0.15, 0.2) is 47.4 Å². The van der Waals surface area contributed by atoms with Gasteiger partial charge in [0.25, 0.3) is 0 Å².